The maximum Gasteiger partial charge on any atom is 0.152 e. The SMILES string of the molecule is CC1C(C)C12NOc1ccccc12. The molecule has 1 aliphatic heterocycles. The molecule has 2 atom stereocenters. The monoisotopic (exact) mass is 175 g/mol. The van der Waals surface area contributed by atoms with Gasteiger partial charge in [-0.05, 0) is 17.9 Å². The van der Waals surface area contributed by atoms with Crippen molar-refractivity contribution in [3.05, 3.63) is 29.8 Å². The lowest BCUT2D eigenvalue weighted by atomic mass is 10.0. The van der Waals surface area contributed by atoms with E-state index < -0.39 is 0 Å². The minimum atomic E-state index is 0.122. The van der Waals surface area contributed by atoms with Crippen LogP contribution in [0.2, 0.25) is 0 Å². The number of benzene rings is 1. The second kappa shape index (κ2) is 2.07. The molecule has 2 aliphatic rings. The maximum atomic E-state index is 5.47. The third kappa shape index (κ3) is 0.684. The second-order valence-corrected chi connectivity index (χ2v) is 4.15. The molecule has 2 nitrogen and oxygen atoms in total. The molecule has 1 aliphatic carbocycles. The molecule has 1 aromatic rings. The Labute approximate surface area is 77.9 Å². The fourth-order valence-electron chi connectivity index (χ4n) is 2.54. The van der Waals surface area contributed by atoms with Gasteiger partial charge in [0.1, 0.15) is 0 Å². The minimum Gasteiger partial charge on any atom is -0.407 e. The van der Waals surface area contributed by atoms with Crippen LogP contribution in [0.5, 0.6) is 5.75 Å². The highest BCUT2D eigenvalue weighted by molar-refractivity contribution is 5.47. The molecule has 2 unspecified atom stereocenters. The van der Waals surface area contributed by atoms with E-state index in [0.29, 0.717) is 11.8 Å². The largest absolute Gasteiger partial charge is 0.407 e. The first-order valence-electron chi connectivity index (χ1n) is 4.80. The number of hydrogen-bond donors (Lipinski definition) is 1. The van der Waals surface area contributed by atoms with E-state index in [-0.39, 0.29) is 5.54 Å². The van der Waals surface area contributed by atoms with Crippen LogP contribution in [0.3, 0.4) is 0 Å². The molecule has 1 fully saturated rings. The molecule has 1 spiro atoms. The molecular weight excluding hydrogens is 162 g/mol. The van der Waals surface area contributed by atoms with Gasteiger partial charge in [-0.1, -0.05) is 32.0 Å². The van der Waals surface area contributed by atoms with Gasteiger partial charge < -0.3 is 4.84 Å². The van der Waals surface area contributed by atoms with Gasteiger partial charge in [0.05, 0.1) is 5.54 Å². The van der Waals surface area contributed by atoms with Crippen LogP contribution >= 0.6 is 0 Å². The van der Waals surface area contributed by atoms with Gasteiger partial charge in [0.25, 0.3) is 0 Å². The van der Waals surface area contributed by atoms with Gasteiger partial charge >= 0.3 is 0 Å². The summed E-state index contributed by atoms with van der Waals surface area (Å²) >= 11 is 0. The molecule has 0 amide bonds. The molecule has 68 valence electrons. The Morgan fingerprint density at radius 3 is 2.62 bits per heavy atom. The Morgan fingerprint density at radius 1 is 1.23 bits per heavy atom. The normalized spacial score (nSPS) is 40.2. The standard InChI is InChI=1S/C11H13NO/c1-7-8(2)11(7)9-5-3-4-6-10(9)13-12-11/h3-8,12H,1-2H3. The van der Waals surface area contributed by atoms with E-state index in [1.54, 1.807) is 0 Å². The molecule has 1 heterocycles. The first kappa shape index (κ1) is 7.39. The van der Waals surface area contributed by atoms with Crippen LogP contribution < -0.4 is 10.3 Å². The van der Waals surface area contributed by atoms with Crippen molar-refractivity contribution in [1.82, 2.24) is 5.48 Å². The predicted octanol–water partition coefficient (Wildman–Crippen LogP) is 2.06. The highest BCUT2D eigenvalue weighted by Crippen LogP contribution is 2.61. The average molecular weight is 175 g/mol. The van der Waals surface area contributed by atoms with Crippen LogP contribution in [0.4, 0.5) is 0 Å². The maximum absolute atomic E-state index is 5.47. The lowest BCUT2D eigenvalue weighted by Gasteiger charge is -2.06. The van der Waals surface area contributed by atoms with Gasteiger partial charge in [-0.3, -0.25) is 0 Å². The Morgan fingerprint density at radius 2 is 1.92 bits per heavy atom. The van der Waals surface area contributed by atoms with Gasteiger partial charge in [-0.2, -0.15) is 0 Å². The van der Waals surface area contributed by atoms with Crippen molar-refractivity contribution in [3.63, 3.8) is 0 Å². The molecule has 0 aromatic heterocycles. The Hall–Kier alpha value is -1.02. The first-order chi connectivity index (χ1) is 6.27. The van der Waals surface area contributed by atoms with Crippen LogP contribution in [0.15, 0.2) is 24.3 Å². The van der Waals surface area contributed by atoms with E-state index in [2.05, 4.69) is 31.5 Å². The fraction of sp³-hybridized carbons (Fsp3) is 0.455. The lowest BCUT2D eigenvalue weighted by molar-refractivity contribution is 0.171. The highest BCUT2D eigenvalue weighted by Gasteiger charge is 2.64. The van der Waals surface area contributed by atoms with E-state index >= 15 is 0 Å². The van der Waals surface area contributed by atoms with E-state index in [0.717, 1.165) is 5.75 Å². The summed E-state index contributed by atoms with van der Waals surface area (Å²) in [4.78, 5) is 5.47. The summed E-state index contributed by atoms with van der Waals surface area (Å²) in [6.07, 6.45) is 0. The van der Waals surface area contributed by atoms with Crippen LogP contribution in [0.25, 0.3) is 0 Å². The fourth-order valence-corrected chi connectivity index (χ4v) is 2.54. The van der Waals surface area contributed by atoms with Gasteiger partial charge in [0, 0.05) is 5.56 Å². The predicted molar refractivity (Wildman–Crippen MR) is 50.2 cm³/mol. The number of rotatable bonds is 0. The third-order valence-corrected chi connectivity index (χ3v) is 3.74. The van der Waals surface area contributed by atoms with Crippen molar-refractivity contribution in [2.24, 2.45) is 11.8 Å². The van der Waals surface area contributed by atoms with Crippen molar-refractivity contribution >= 4 is 0 Å². The number of nitrogens with one attached hydrogen (secondary N) is 1. The summed E-state index contributed by atoms with van der Waals surface area (Å²) in [5.74, 6) is 2.35. The molecule has 1 saturated carbocycles. The third-order valence-electron chi connectivity index (χ3n) is 3.74. The molecule has 2 heteroatoms. The van der Waals surface area contributed by atoms with Gasteiger partial charge in [-0.25, -0.2) is 0 Å². The Kier molecular flexibility index (Phi) is 1.18. The Bertz CT molecular complexity index is 353. The zero-order valence-electron chi connectivity index (χ0n) is 7.87. The molecular formula is C11H13NO. The van der Waals surface area contributed by atoms with Gasteiger partial charge in [0.15, 0.2) is 5.75 Å². The number of hydroxylamine groups is 1. The van der Waals surface area contributed by atoms with E-state index in [4.69, 9.17) is 4.84 Å². The lowest BCUT2D eigenvalue weighted by Crippen LogP contribution is -2.27. The quantitative estimate of drug-likeness (QED) is 0.651. The minimum absolute atomic E-state index is 0.122. The van der Waals surface area contributed by atoms with E-state index in [9.17, 15) is 0 Å². The first-order valence-corrected chi connectivity index (χ1v) is 4.80. The zero-order valence-corrected chi connectivity index (χ0v) is 7.87. The summed E-state index contributed by atoms with van der Waals surface area (Å²) in [6.45, 7) is 4.53. The van der Waals surface area contributed by atoms with Crippen molar-refractivity contribution in [2.75, 3.05) is 0 Å². The molecule has 13 heavy (non-hydrogen) atoms. The van der Waals surface area contributed by atoms with Crippen LogP contribution in [0, 0.1) is 11.8 Å². The molecule has 3 rings (SSSR count). The van der Waals surface area contributed by atoms with Crippen molar-refractivity contribution in [2.45, 2.75) is 19.4 Å². The summed E-state index contributed by atoms with van der Waals surface area (Å²) in [6, 6.07) is 8.27. The van der Waals surface area contributed by atoms with Crippen LogP contribution in [0.1, 0.15) is 19.4 Å². The summed E-state index contributed by atoms with van der Waals surface area (Å²) in [7, 11) is 0. The highest BCUT2D eigenvalue weighted by atomic mass is 16.7. The summed E-state index contributed by atoms with van der Waals surface area (Å²) in [5.41, 5.74) is 4.62. The van der Waals surface area contributed by atoms with Crippen molar-refractivity contribution in [3.8, 4) is 5.75 Å². The van der Waals surface area contributed by atoms with Gasteiger partial charge in [0.2, 0.25) is 0 Å². The molecule has 0 radical (unpaired) electrons. The molecule has 0 saturated heterocycles. The molecule has 1 N–H and O–H groups in total. The number of hydrogen-bond acceptors (Lipinski definition) is 2. The zero-order chi connectivity index (χ0) is 9.05. The smallest absolute Gasteiger partial charge is 0.152 e. The van der Waals surface area contributed by atoms with Gasteiger partial charge in [-0.15, -0.1) is 5.48 Å². The number of fused-ring (bicyclic) bond motifs is 2. The Balaban J connectivity index is 2.14. The van der Waals surface area contributed by atoms with Crippen LogP contribution in [-0.4, -0.2) is 0 Å². The number of para-hydroxylation sites is 1. The average Bonchev–Trinajstić information content (AvgIpc) is 2.59. The van der Waals surface area contributed by atoms with Crippen molar-refractivity contribution < 1.29 is 4.84 Å². The van der Waals surface area contributed by atoms with Crippen molar-refractivity contribution in [1.29, 1.82) is 0 Å². The van der Waals surface area contributed by atoms with E-state index in [1.165, 1.54) is 5.56 Å². The van der Waals surface area contributed by atoms with E-state index in [1.807, 2.05) is 12.1 Å². The molecule has 1 aromatic carbocycles. The second-order valence-electron chi connectivity index (χ2n) is 4.15. The van der Waals surface area contributed by atoms with Crippen LogP contribution in [-0.2, 0) is 5.54 Å². The summed E-state index contributed by atoms with van der Waals surface area (Å²) in [5, 5.41) is 0. The topological polar surface area (TPSA) is 21.3 Å². The molecule has 0 bridgehead atoms. The summed E-state index contributed by atoms with van der Waals surface area (Å²) < 4.78 is 0.